The Bertz CT molecular complexity index is 855. The highest BCUT2D eigenvalue weighted by molar-refractivity contribution is 7.19. The number of nitriles is 1. The summed E-state index contributed by atoms with van der Waals surface area (Å²) in [6.07, 6.45) is 3.22. The minimum absolute atomic E-state index is 0.0125. The van der Waals surface area contributed by atoms with Gasteiger partial charge in [-0.1, -0.05) is 0 Å². The van der Waals surface area contributed by atoms with E-state index in [4.69, 9.17) is 0 Å². The van der Waals surface area contributed by atoms with Crippen LogP contribution >= 0.6 is 11.3 Å². The number of carbonyl (C=O) groups excluding carboxylic acids is 1. The second-order valence-electron chi connectivity index (χ2n) is 4.30. The van der Waals surface area contributed by atoms with Crippen LogP contribution in [0.5, 0.6) is 0 Å². The standard InChI is InChI=1S/C15H8FN3OS/c16-11-3-1-9(2-4-11)15(20)10(7-17)5-12-6-13-14(21-12)8-18-19-13/h1-6,8H,(H,18,19). The molecule has 0 amide bonds. The van der Waals surface area contributed by atoms with Gasteiger partial charge >= 0.3 is 0 Å². The van der Waals surface area contributed by atoms with Crippen molar-refractivity contribution in [3.8, 4) is 6.07 Å². The van der Waals surface area contributed by atoms with Crippen LogP contribution in [0.25, 0.3) is 16.3 Å². The molecule has 0 saturated heterocycles. The van der Waals surface area contributed by atoms with E-state index in [-0.39, 0.29) is 11.1 Å². The number of halogens is 1. The van der Waals surface area contributed by atoms with Crippen molar-refractivity contribution in [3.05, 3.63) is 58.4 Å². The first-order valence-electron chi connectivity index (χ1n) is 6.02. The summed E-state index contributed by atoms with van der Waals surface area (Å²) >= 11 is 1.43. The molecule has 0 aliphatic heterocycles. The van der Waals surface area contributed by atoms with E-state index in [0.717, 1.165) is 15.1 Å². The van der Waals surface area contributed by atoms with Gasteiger partial charge in [-0.2, -0.15) is 10.4 Å². The highest BCUT2D eigenvalue weighted by Crippen LogP contribution is 2.26. The fourth-order valence-corrected chi connectivity index (χ4v) is 2.81. The fourth-order valence-electron chi connectivity index (χ4n) is 1.89. The first-order chi connectivity index (χ1) is 10.2. The number of nitrogens with one attached hydrogen (secondary N) is 1. The molecule has 6 heteroatoms. The van der Waals surface area contributed by atoms with Gasteiger partial charge in [0.2, 0.25) is 5.78 Å². The minimum atomic E-state index is -0.423. The predicted molar refractivity (Wildman–Crippen MR) is 78.3 cm³/mol. The molecule has 102 valence electrons. The van der Waals surface area contributed by atoms with Crippen LogP contribution in [0.3, 0.4) is 0 Å². The fraction of sp³-hybridized carbons (Fsp3) is 0. The number of thiophene rings is 1. The maximum Gasteiger partial charge on any atom is 0.203 e. The van der Waals surface area contributed by atoms with Crippen LogP contribution in [0.2, 0.25) is 0 Å². The third-order valence-corrected chi connectivity index (χ3v) is 3.92. The summed E-state index contributed by atoms with van der Waals surface area (Å²) in [4.78, 5) is 13.0. The molecule has 0 saturated carbocycles. The Morgan fingerprint density at radius 2 is 2.14 bits per heavy atom. The molecular weight excluding hydrogens is 289 g/mol. The smallest absolute Gasteiger partial charge is 0.203 e. The van der Waals surface area contributed by atoms with Gasteiger partial charge in [0, 0.05) is 10.4 Å². The van der Waals surface area contributed by atoms with E-state index in [1.54, 1.807) is 6.20 Å². The Labute approximate surface area is 123 Å². The van der Waals surface area contributed by atoms with Gasteiger partial charge in [-0.3, -0.25) is 9.89 Å². The van der Waals surface area contributed by atoms with E-state index in [1.807, 2.05) is 12.1 Å². The zero-order valence-electron chi connectivity index (χ0n) is 10.6. The number of benzene rings is 1. The van der Waals surface area contributed by atoms with E-state index in [0.29, 0.717) is 0 Å². The molecule has 0 fully saturated rings. The number of Topliss-reactive ketones (excluding diaryl/α,β-unsaturated/α-hetero) is 1. The van der Waals surface area contributed by atoms with Crippen molar-refractivity contribution < 1.29 is 9.18 Å². The second-order valence-corrected chi connectivity index (χ2v) is 5.42. The number of aromatic nitrogens is 2. The molecule has 0 spiro atoms. The highest BCUT2D eigenvalue weighted by atomic mass is 32.1. The molecule has 0 atom stereocenters. The monoisotopic (exact) mass is 297 g/mol. The SMILES string of the molecule is N#CC(=Cc1cc2[nH]ncc2s1)C(=O)c1ccc(F)cc1. The summed E-state index contributed by atoms with van der Waals surface area (Å²) in [5, 5.41) is 15.9. The van der Waals surface area contributed by atoms with Gasteiger partial charge in [0.05, 0.1) is 16.4 Å². The van der Waals surface area contributed by atoms with Crippen molar-refractivity contribution in [3.63, 3.8) is 0 Å². The number of rotatable bonds is 3. The lowest BCUT2D eigenvalue weighted by Gasteiger charge is -1.98. The van der Waals surface area contributed by atoms with Crippen molar-refractivity contribution >= 4 is 33.4 Å². The topological polar surface area (TPSA) is 69.5 Å². The number of ketones is 1. The molecule has 21 heavy (non-hydrogen) atoms. The average molecular weight is 297 g/mol. The zero-order chi connectivity index (χ0) is 14.8. The van der Waals surface area contributed by atoms with Crippen LogP contribution in [0, 0.1) is 17.1 Å². The summed E-state index contributed by atoms with van der Waals surface area (Å²) in [7, 11) is 0. The Morgan fingerprint density at radius 1 is 1.38 bits per heavy atom. The lowest BCUT2D eigenvalue weighted by Crippen LogP contribution is -2.01. The highest BCUT2D eigenvalue weighted by Gasteiger charge is 2.13. The molecule has 3 rings (SSSR count). The molecule has 0 bridgehead atoms. The number of hydrogen-bond donors (Lipinski definition) is 1. The number of H-pyrrole nitrogens is 1. The van der Waals surface area contributed by atoms with E-state index < -0.39 is 11.6 Å². The number of hydrogen-bond acceptors (Lipinski definition) is 4. The Kier molecular flexibility index (Phi) is 3.34. The molecule has 0 aliphatic carbocycles. The molecule has 1 N–H and O–H groups in total. The summed E-state index contributed by atoms with van der Waals surface area (Å²) in [6.45, 7) is 0. The molecule has 4 nitrogen and oxygen atoms in total. The van der Waals surface area contributed by atoms with Gasteiger partial charge in [0.15, 0.2) is 0 Å². The van der Waals surface area contributed by atoms with Crippen molar-refractivity contribution in [2.75, 3.05) is 0 Å². The Balaban J connectivity index is 1.95. The molecule has 0 unspecified atom stereocenters. The summed E-state index contributed by atoms with van der Waals surface area (Å²) in [6, 6.07) is 8.85. The van der Waals surface area contributed by atoms with Gasteiger partial charge in [-0.25, -0.2) is 4.39 Å². The number of allylic oxidation sites excluding steroid dienone is 1. The van der Waals surface area contributed by atoms with E-state index in [1.165, 1.54) is 41.7 Å². The van der Waals surface area contributed by atoms with Crippen molar-refractivity contribution in [1.82, 2.24) is 10.2 Å². The second kappa shape index (κ2) is 5.31. The maximum atomic E-state index is 12.9. The number of carbonyl (C=O) groups is 1. The van der Waals surface area contributed by atoms with Crippen LogP contribution in [-0.2, 0) is 0 Å². The molecule has 0 radical (unpaired) electrons. The van der Waals surface area contributed by atoms with Crippen LogP contribution in [0.4, 0.5) is 4.39 Å². The van der Waals surface area contributed by atoms with Gasteiger partial charge in [-0.15, -0.1) is 11.3 Å². The van der Waals surface area contributed by atoms with Crippen molar-refractivity contribution in [1.29, 1.82) is 5.26 Å². The van der Waals surface area contributed by atoms with Gasteiger partial charge < -0.3 is 0 Å². The van der Waals surface area contributed by atoms with Gasteiger partial charge in [-0.05, 0) is 36.4 Å². The Hall–Kier alpha value is -2.78. The molecule has 2 heterocycles. The first-order valence-corrected chi connectivity index (χ1v) is 6.84. The van der Waals surface area contributed by atoms with Crippen LogP contribution in [-0.4, -0.2) is 16.0 Å². The van der Waals surface area contributed by atoms with Crippen LogP contribution in [0.15, 0.2) is 42.1 Å². The van der Waals surface area contributed by atoms with E-state index in [2.05, 4.69) is 10.2 Å². The zero-order valence-corrected chi connectivity index (χ0v) is 11.4. The minimum Gasteiger partial charge on any atom is -0.288 e. The number of fused-ring (bicyclic) bond motifs is 1. The van der Waals surface area contributed by atoms with E-state index in [9.17, 15) is 14.4 Å². The third kappa shape index (κ3) is 2.59. The summed E-state index contributed by atoms with van der Waals surface area (Å²) in [5.74, 6) is -0.846. The van der Waals surface area contributed by atoms with Crippen molar-refractivity contribution in [2.45, 2.75) is 0 Å². The quantitative estimate of drug-likeness (QED) is 0.456. The average Bonchev–Trinajstić information content (AvgIpc) is 3.06. The number of aromatic amines is 1. The molecule has 2 aromatic heterocycles. The van der Waals surface area contributed by atoms with Crippen molar-refractivity contribution in [2.24, 2.45) is 0 Å². The van der Waals surface area contributed by atoms with Gasteiger partial charge in [0.25, 0.3) is 0 Å². The predicted octanol–water partition coefficient (Wildman–Crippen LogP) is 3.55. The normalized spacial score (nSPS) is 11.5. The van der Waals surface area contributed by atoms with Crippen LogP contribution in [0.1, 0.15) is 15.2 Å². The lowest BCUT2D eigenvalue weighted by atomic mass is 10.0. The van der Waals surface area contributed by atoms with Crippen LogP contribution < -0.4 is 0 Å². The largest absolute Gasteiger partial charge is 0.288 e. The lowest BCUT2D eigenvalue weighted by molar-refractivity contribution is 0.104. The third-order valence-electron chi connectivity index (χ3n) is 2.90. The molecule has 0 aliphatic rings. The molecule has 1 aromatic carbocycles. The maximum absolute atomic E-state index is 12.9. The number of nitrogens with zero attached hydrogens (tertiary/aromatic N) is 2. The molecular formula is C15H8FN3OS. The van der Waals surface area contributed by atoms with E-state index >= 15 is 0 Å². The summed E-state index contributed by atoms with van der Waals surface area (Å²) in [5.41, 5.74) is 1.16. The molecule has 3 aromatic rings. The first kappa shape index (κ1) is 13.2. The Morgan fingerprint density at radius 3 is 2.81 bits per heavy atom. The summed E-state index contributed by atoms with van der Waals surface area (Å²) < 4.78 is 13.8. The van der Waals surface area contributed by atoms with Gasteiger partial charge in [0.1, 0.15) is 17.5 Å².